The molecule has 0 aliphatic carbocycles. The first-order chi connectivity index (χ1) is 16.3. The number of methoxy groups -OCH3 is 1. The molecule has 2 aliphatic rings. The first-order valence-electron chi connectivity index (χ1n) is 10.6. The largest absolute Gasteiger partial charge is 0.493 e. The Morgan fingerprint density at radius 1 is 1.12 bits per heavy atom. The van der Waals surface area contributed by atoms with E-state index in [0.29, 0.717) is 38.0 Å². The highest BCUT2D eigenvalue weighted by atomic mass is 35.5. The van der Waals surface area contributed by atoms with Gasteiger partial charge in [-0.15, -0.1) is 0 Å². The molecule has 2 heterocycles. The van der Waals surface area contributed by atoms with Gasteiger partial charge in [-0.3, -0.25) is 9.69 Å². The van der Waals surface area contributed by atoms with E-state index in [-0.39, 0.29) is 5.91 Å². The number of hydrogen-bond donors (Lipinski definition) is 2. The molecule has 3 aromatic carbocycles. The van der Waals surface area contributed by atoms with Crippen molar-refractivity contribution in [3.05, 3.63) is 82.3 Å². The number of nitrogens with one attached hydrogen (secondary N) is 2. The van der Waals surface area contributed by atoms with Crippen LogP contribution in [0, 0.1) is 5.92 Å². The number of benzene rings is 3. The monoisotopic (exact) mass is 513 g/mol. The van der Waals surface area contributed by atoms with Gasteiger partial charge in [0.1, 0.15) is 5.92 Å². The van der Waals surface area contributed by atoms with Gasteiger partial charge in [0.2, 0.25) is 5.91 Å². The van der Waals surface area contributed by atoms with E-state index in [4.69, 9.17) is 44.9 Å². The van der Waals surface area contributed by atoms with Crippen LogP contribution < -0.4 is 25.0 Å². The van der Waals surface area contributed by atoms with E-state index >= 15 is 0 Å². The fraction of sp³-hybridized carbons (Fsp3) is 0.200. The zero-order chi connectivity index (χ0) is 24.0. The summed E-state index contributed by atoms with van der Waals surface area (Å²) in [5.41, 5.74) is 0.940. The molecule has 174 valence electrons. The van der Waals surface area contributed by atoms with Crippen LogP contribution >= 0.6 is 35.4 Å². The van der Waals surface area contributed by atoms with Gasteiger partial charge in [-0.05, 0) is 67.7 Å². The minimum Gasteiger partial charge on any atom is -0.493 e. The van der Waals surface area contributed by atoms with Crippen molar-refractivity contribution < 1.29 is 14.3 Å². The van der Waals surface area contributed by atoms with Gasteiger partial charge in [-0.1, -0.05) is 41.4 Å². The molecular formula is C25H21Cl2N3O3S. The van der Waals surface area contributed by atoms with Crippen LogP contribution in [0.5, 0.6) is 11.5 Å². The van der Waals surface area contributed by atoms with Gasteiger partial charge >= 0.3 is 0 Å². The molecular weight excluding hydrogens is 493 g/mol. The Kier molecular flexibility index (Phi) is 5.80. The molecule has 2 bridgehead atoms. The molecule has 1 amide bonds. The van der Waals surface area contributed by atoms with Gasteiger partial charge in [0.25, 0.3) is 0 Å². The molecule has 9 heteroatoms. The molecule has 6 nitrogen and oxygen atoms in total. The third-order valence-electron chi connectivity index (χ3n) is 6.17. The highest BCUT2D eigenvalue weighted by Gasteiger charge is 2.59. The lowest BCUT2D eigenvalue weighted by atomic mass is 9.78. The first kappa shape index (κ1) is 22.8. The van der Waals surface area contributed by atoms with Gasteiger partial charge in [0.05, 0.1) is 13.2 Å². The maximum atomic E-state index is 13.8. The van der Waals surface area contributed by atoms with E-state index in [9.17, 15) is 4.79 Å². The van der Waals surface area contributed by atoms with Crippen LogP contribution in [0.4, 0.5) is 11.4 Å². The quantitative estimate of drug-likeness (QED) is 0.429. The minimum atomic E-state index is -1.18. The fourth-order valence-electron chi connectivity index (χ4n) is 4.69. The number of halogens is 2. The number of ether oxygens (including phenoxy) is 2. The van der Waals surface area contributed by atoms with E-state index in [1.807, 2.05) is 37.3 Å². The Hall–Kier alpha value is -3.00. The second kappa shape index (κ2) is 8.65. The van der Waals surface area contributed by atoms with Crippen molar-refractivity contribution in [1.29, 1.82) is 0 Å². The Morgan fingerprint density at radius 2 is 1.85 bits per heavy atom. The van der Waals surface area contributed by atoms with Crippen molar-refractivity contribution in [3.63, 3.8) is 0 Å². The van der Waals surface area contributed by atoms with E-state index < -0.39 is 17.7 Å². The van der Waals surface area contributed by atoms with Gasteiger partial charge < -0.3 is 20.1 Å². The number of carbonyl (C=O) groups is 1. The summed E-state index contributed by atoms with van der Waals surface area (Å²) in [7, 11) is 1.59. The molecule has 5 rings (SSSR count). The average molecular weight is 514 g/mol. The molecule has 1 saturated heterocycles. The van der Waals surface area contributed by atoms with Crippen LogP contribution in [0.1, 0.15) is 18.5 Å². The number of rotatable bonds is 4. The number of anilines is 2. The van der Waals surface area contributed by atoms with E-state index in [0.717, 1.165) is 5.56 Å². The topological polar surface area (TPSA) is 62.8 Å². The third-order valence-corrected chi connectivity index (χ3v) is 6.96. The van der Waals surface area contributed by atoms with Crippen molar-refractivity contribution in [2.75, 3.05) is 17.3 Å². The Morgan fingerprint density at radius 3 is 2.56 bits per heavy atom. The molecule has 1 fully saturated rings. The molecule has 0 radical (unpaired) electrons. The number of para-hydroxylation sites is 1. The summed E-state index contributed by atoms with van der Waals surface area (Å²) in [6, 6.07) is 19.4. The first-order valence-corrected chi connectivity index (χ1v) is 11.8. The predicted octanol–water partition coefficient (Wildman–Crippen LogP) is 5.80. The van der Waals surface area contributed by atoms with Gasteiger partial charge in [-0.25, -0.2) is 0 Å². The van der Waals surface area contributed by atoms with E-state index in [1.54, 1.807) is 48.4 Å². The van der Waals surface area contributed by atoms with Crippen molar-refractivity contribution in [1.82, 2.24) is 5.32 Å². The molecule has 0 saturated carbocycles. The van der Waals surface area contributed by atoms with E-state index in [1.165, 1.54) is 0 Å². The lowest BCUT2D eigenvalue weighted by Crippen LogP contribution is -2.72. The lowest BCUT2D eigenvalue weighted by Gasteiger charge is -2.56. The number of thiocarbonyl (C=S) groups is 1. The van der Waals surface area contributed by atoms with Crippen LogP contribution in [0.3, 0.4) is 0 Å². The highest BCUT2D eigenvalue weighted by molar-refractivity contribution is 7.80. The van der Waals surface area contributed by atoms with Crippen LogP contribution in [-0.4, -0.2) is 23.9 Å². The van der Waals surface area contributed by atoms with Gasteiger partial charge in [0.15, 0.2) is 22.3 Å². The fourth-order valence-corrected chi connectivity index (χ4v) is 5.41. The summed E-state index contributed by atoms with van der Waals surface area (Å²) in [6.45, 7) is 1.86. The van der Waals surface area contributed by atoms with Gasteiger partial charge in [-0.2, -0.15) is 0 Å². The predicted molar refractivity (Wildman–Crippen MR) is 138 cm³/mol. The summed E-state index contributed by atoms with van der Waals surface area (Å²) in [4.78, 5) is 15.6. The van der Waals surface area contributed by atoms with Crippen LogP contribution in [0.15, 0.2) is 66.7 Å². The molecule has 0 unspecified atom stereocenters. The Balaban J connectivity index is 1.65. The second-order valence-corrected chi connectivity index (χ2v) is 9.51. The summed E-state index contributed by atoms with van der Waals surface area (Å²) in [5.74, 6) is 0.222. The highest BCUT2D eigenvalue weighted by Crippen LogP contribution is 2.52. The molecule has 34 heavy (non-hydrogen) atoms. The SMILES string of the molecule is COc1cccc2c1O[C@@]1(C)[C@H](C(=O)Nc3ccc(Cl)cc3)[C@@H]2NC(=S)N1c1cccc(Cl)c1. The third kappa shape index (κ3) is 3.74. The Bertz CT molecular complexity index is 1290. The van der Waals surface area contributed by atoms with Crippen molar-refractivity contribution in [2.24, 2.45) is 5.92 Å². The molecule has 2 aliphatic heterocycles. The molecule has 0 aromatic heterocycles. The van der Waals surface area contributed by atoms with Gasteiger partial charge in [0, 0.05) is 27.0 Å². The number of fused-ring (bicyclic) bond motifs is 4. The smallest absolute Gasteiger partial charge is 0.236 e. The molecule has 3 aromatic rings. The number of amides is 1. The van der Waals surface area contributed by atoms with Crippen molar-refractivity contribution >= 4 is 57.8 Å². The molecule has 3 atom stereocenters. The van der Waals surface area contributed by atoms with Crippen LogP contribution in [0.2, 0.25) is 10.0 Å². The van der Waals surface area contributed by atoms with E-state index in [2.05, 4.69) is 10.6 Å². The standard InChI is InChI=1S/C25H21Cl2N3O3S/c1-25-20(23(31)28-16-11-9-14(26)10-12-16)21(18-7-4-8-19(32-2)22(18)33-25)29-24(34)30(25)17-6-3-5-15(27)13-17/h3-13,20-21H,1-2H3,(H,28,31)(H,29,34)/t20-,21+,25-/m0/s1. The summed E-state index contributed by atoms with van der Waals surface area (Å²) < 4.78 is 12.2. The number of carbonyl (C=O) groups excluding carboxylic acids is 1. The summed E-state index contributed by atoms with van der Waals surface area (Å²) >= 11 is 18.1. The van der Waals surface area contributed by atoms with Crippen LogP contribution in [0.25, 0.3) is 0 Å². The van der Waals surface area contributed by atoms with Crippen molar-refractivity contribution in [3.8, 4) is 11.5 Å². The molecule has 0 spiro atoms. The van der Waals surface area contributed by atoms with Crippen LogP contribution in [-0.2, 0) is 4.79 Å². The number of nitrogens with zero attached hydrogens (tertiary/aromatic N) is 1. The van der Waals surface area contributed by atoms with Crippen molar-refractivity contribution in [2.45, 2.75) is 18.7 Å². The maximum absolute atomic E-state index is 13.8. The zero-order valence-electron chi connectivity index (χ0n) is 18.3. The average Bonchev–Trinajstić information content (AvgIpc) is 2.79. The minimum absolute atomic E-state index is 0.231. The maximum Gasteiger partial charge on any atom is 0.236 e. The summed E-state index contributed by atoms with van der Waals surface area (Å²) in [5, 5.41) is 7.94. The normalized spacial score (nSPS) is 22.8. The second-order valence-electron chi connectivity index (χ2n) is 8.25. The summed E-state index contributed by atoms with van der Waals surface area (Å²) in [6.07, 6.45) is 0. The molecule has 2 N–H and O–H groups in total. The zero-order valence-corrected chi connectivity index (χ0v) is 20.7. The number of hydrogen-bond acceptors (Lipinski definition) is 4. The lowest BCUT2D eigenvalue weighted by molar-refractivity contribution is -0.130. The Labute approximate surface area is 212 Å².